The normalized spacial score (nSPS) is 9.42. The van der Waals surface area contributed by atoms with E-state index in [4.69, 9.17) is 10.5 Å². The van der Waals surface area contributed by atoms with Crippen LogP contribution in [0.1, 0.15) is 5.56 Å². The Kier molecular flexibility index (Phi) is 3.26. The number of anilines is 1. The summed E-state index contributed by atoms with van der Waals surface area (Å²) in [7, 11) is 0. The zero-order valence-electron chi connectivity index (χ0n) is 10.1. The first kappa shape index (κ1) is 12.3. The van der Waals surface area contributed by atoms with Crippen molar-refractivity contribution < 1.29 is 0 Å². The molecule has 6 heteroatoms. The molecule has 6 nitrogen and oxygen atoms in total. The van der Waals surface area contributed by atoms with Crippen molar-refractivity contribution in [2.45, 2.75) is 6.92 Å². The zero-order chi connectivity index (χ0) is 13.8. The van der Waals surface area contributed by atoms with Crippen molar-refractivity contribution in [2.24, 2.45) is 5.10 Å². The molecule has 0 radical (unpaired) electrons. The van der Waals surface area contributed by atoms with E-state index in [1.165, 1.54) is 6.07 Å². The summed E-state index contributed by atoms with van der Waals surface area (Å²) in [5.41, 5.74) is 4.42. The molecule has 1 aromatic heterocycles. The van der Waals surface area contributed by atoms with Crippen molar-refractivity contribution in [3.63, 3.8) is 0 Å². The average molecular weight is 251 g/mol. The average Bonchev–Trinajstić information content (AvgIpc) is 2.40. The summed E-state index contributed by atoms with van der Waals surface area (Å²) >= 11 is 0. The van der Waals surface area contributed by atoms with Gasteiger partial charge in [-0.05, 0) is 30.7 Å². The molecule has 2 aromatic rings. The van der Waals surface area contributed by atoms with Gasteiger partial charge in [0.25, 0.3) is 0 Å². The molecule has 2 N–H and O–H groups in total. The number of hydrazone groups is 1. The number of rotatable bonds is 2. The van der Waals surface area contributed by atoms with E-state index in [1.54, 1.807) is 30.3 Å². The smallest absolute Gasteiger partial charge is 0.248 e. The van der Waals surface area contributed by atoms with Crippen LogP contribution < -0.4 is 11.0 Å². The molecule has 0 spiro atoms. The van der Waals surface area contributed by atoms with Crippen LogP contribution in [0, 0.1) is 29.6 Å². The third-order valence-corrected chi connectivity index (χ3v) is 2.56. The lowest BCUT2D eigenvalue weighted by molar-refractivity contribution is 1.27. The number of pyridine rings is 1. The number of nitrogens with one attached hydrogen (secondary N) is 2. The number of nitrogens with zero attached hydrogens (tertiary/aromatic N) is 3. The van der Waals surface area contributed by atoms with E-state index in [0.29, 0.717) is 5.69 Å². The third kappa shape index (κ3) is 2.59. The number of aromatic amines is 1. The molecular weight excluding hydrogens is 242 g/mol. The number of hydrogen-bond donors (Lipinski definition) is 2. The lowest BCUT2D eigenvalue weighted by Gasteiger charge is -2.04. The Bertz CT molecular complexity index is 788. The molecule has 0 saturated carbocycles. The fraction of sp³-hybridized carbons (Fsp3) is 0.0769. The van der Waals surface area contributed by atoms with Gasteiger partial charge in [-0.2, -0.15) is 15.6 Å². The second kappa shape index (κ2) is 5.03. The van der Waals surface area contributed by atoms with Crippen molar-refractivity contribution in [3.05, 3.63) is 40.2 Å². The summed E-state index contributed by atoms with van der Waals surface area (Å²) in [5.74, 6) is 0. The minimum Gasteiger partial charge on any atom is -0.322 e. The Labute approximate surface area is 108 Å². The van der Waals surface area contributed by atoms with Gasteiger partial charge < -0.3 is 4.98 Å². The molecule has 0 saturated heterocycles. The third-order valence-electron chi connectivity index (χ3n) is 2.56. The van der Waals surface area contributed by atoms with Crippen molar-refractivity contribution in [1.29, 1.82) is 10.5 Å². The maximum absolute atomic E-state index is 11.3. The van der Waals surface area contributed by atoms with Crippen LogP contribution >= 0.6 is 0 Å². The zero-order valence-corrected chi connectivity index (χ0v) is 10.1. The van der Waals surface area contributed by atoms with Crippen LogP contribution in [-0.2, 0) is 0 Å². The summed E-state index contributed by atoms with van der Waals surface area (Å²) in [6, 6.07) is 10.0. The van der Waals surface area contributed by atoms with Gasteiger partial charge in [0.2, 0.25) is 11.3 Å². The SMILES string of the molecule is Cc1cc(=O)[nH]c2ccc(NN=C(C#N)C#N)cc12. The lowest BCUT2D eigenvalue weighted by Crippen LogP contribution is -2.05. The number of hydrogen-bond acceptors (Lipinski definition) is 5. The van der Waals surface area contributed by atoms with Gasteiger partial charge in [0, 0.05) is 17.0 Å². The van der Waals surface area contributed by atoms with Gasteiger partial charge in [0.1, 0.15) is 12.1 Å². The minimum absolute atomic E-state index is 0.153. The topological polar surface area (TPSA) is 105 Å². The number of aromatic nitrogens is 1. The fourth-order valence-electron chi connectivity index (χ4n) is 1.69. The van der Waals surface area contributed by atoms with Crippen LogP contribution in [0.3, 0.4) is 0 Å². The van der Waals surface area contributed by atoms with Crippen LogP contribution in [0.25, 0.3) is 10.9 Å². The standard InChI is InChI=1S/C13H9N5O/c1-8-4-13(19)16-12-3-2-9(5-11(8)12)17-18-10(6-14)7-15/h2-5,17H,1H3,(H,16,19). The molecule has 0 aliphatic rings. The number of fused-ring (bicyclic) bond motifs is 1. The van der Waals surface area contributed by atoms with Gasteiger partial charge >= 0.3 is 0 Å². The van der Waals surface area contributed by atoms with Gasteiger partial charge in [0.05, 0.1) is 5.69 Å². The van der Waals surface area contributed by atoms with Crippen LogP contribution in [0.2, 0.25) is 0 Å². The van der Waals surface area contributed by atoms with Crippen molar-refractivity contribution in [2.75, 3.05) is 5.43 Å². The molecule has 1 heterocycles. The highest BCUT2D eigenvalue weighted by Gasteiger charge is 2.01. The maximum Gasteiger partial charge on any atom is 0.248 e. The van der Waals surface area contributed by atoms with Crippen molar-refractivity contribution in [1.82, 2.24) is 4.98 Å². The van der Waals surface area contributed by atoms with E-state index < -0.39 is 0 Å². The van der Waals surface area contributed by atoms with Crippen molar-refractivity contribution in [3.8, 4) is 12.1 Å². The predicted molar refractivity (Wildman–Crippen MR) is 71.6 cm³/mol. The molecule has 0 aliphatic heterocycles. The largest absolute Gasteiger partial charge is 0.322 e. The Morgan fingerprint density at radius 3 is 2.74 bits per heavy atom. The highest BCUT2D eigenvalue weighted by atomic mass is 16.1. The van der Waals surface area contributed by atoms with Crippen LogP contribution in [0.15, 0.2) is 34.2 Å². The molecular formula is C13H9N5O. The molecule has 0 aliphatic carbocycles. The van der Waals surface area contributed by atoms with Gasteiger partial charge in [-0.15, -0.1) is 0 Å². The fourth-order valence-corrected chi connectivity index (χ4v) is 1.69. The summed E-state index contributed by atoms with van der Waals surface area (Å²) in [6.45, 7) is 1.83. The first-order chi connectivity index (χ1) is 9.13. The Morgan fingerprint density at radius 2 is 2.05 bits per heavy atom. The van der Waals surface area contributed by atoms with E-state index in [9.17, 15) is 4.79 Å². The Balaban J connectivity index is 2.44. The van der Waals surface area contributed by atoms with Crippen molar-refractivity contribution >= 4 is 22.3 Å². The van der Waals surface area contributed by atoms with E-state index in [1.807, 2.05) is 6.92 Å². The highest BCUT2D eigenvalue weighted by Crippen LogP contribution is 2.19. The molecule has 92 valence electrons. The first-order valence-electron chi connectivity index (χ1n) is 5.41. The van der Waals surface area contributed by atoms with E-state index in [2.05, 4.69) is 15.5 Å². The number of H-pyrrole nitrogens is 1. The molecule has 0 bridgehead atoms. The molecule has 1 aromatic carbocycles. The number of benzene rings is 1. The van der Waals surface area contributed by atoms with Crippen LogP contribution in [-0.4, -0.2) is 10.7 Å². The summed E-state index contributed by atoms with van der Waals surface area (Å²) in [4.78, 5) is 14.0. The van der Waals surface area contributed by atoms with Gasteiger partial charge in [-0.25, -0.2) is 0 Å². The highest BCUT2D eigenvalue weighted by molar-refractivity contribution is 6.10. The minimum atomic E-state index is -0.252. The molecule has 0 amide bonds. The lowest BCUT2D eigenvalue weighted by atomic mass is 10.1. The van der Waals surface area contributed by atoms with Gasteiger partial charge in [0.15, 0.2) is 0 Å². The van der Waals surface area contributed by atoms with Gasteiger partial charge in [-0.1, -0.05) is 0 Å². The second-order valence-electron chi connectivity index (χ2n) is 3.87. The number of nitriles is 2. The molecule has 0 atom stereocenters. The summed E-state index contributed by atoms with van der Waals surface area (Å²) in [6.07, 6.45) is 0. The molecule has 2 rings (SSSR count). The molecule has 0 unspecified atom stereocenters. The quantitative estimate of drug-likeness (QED) is 0.625. The van der Waals surface area contributed by atoms with Crippen LogP contribution in [0.4, 0.5) is 5.69 Å². The second-order valence-corrected chi connectivity index (χ2v) is 3.87. The summed E-state index contributed by atoms with van der Waals surface area (Å²) < 4.78 is 0. The van der Waals surface area contributed by atoms with E-state index in [0.717, 1.165) is 16.5 Å². The first-order valence-corrected chi connectivity index (χ1v) is 5.41. The Morgan fingerprint density at radius 1 is 1.32 bits per heavy atom. The van der Waals surface area contributed by atoms with E-state index in [-0.39, 0.29) is 11.3 Å². The monoisotopic (exact) mass is 251 g/mol. The van der Waals surface area contributed by atoms with Crippen LogP contribution in [0.5, 0.6) is 0 Å². The number of aryl methyl sites for hydroxylation is 1. The molecule has 0 fully saturated rings. The van der Waals surface area contributed by atoms with E-state index >= 15 is 0 Å². The Hall–Kier alpha value is -3.12. The predicted octanol–water partition coefficient (Wildman–Crippen LogP) is 1.65. The summed E-state index contributed by atoms with van der Waals surface area (Å²) in [5, 5.41) is 21.7. The maximum atomic E-state index is 11.3. The van der Waals surface area contributed by atoms with Gasteiger partial charge in [-0.3, -0.25) is 10.2 Å². The molecule has 19 heavy (non-hydrogen) atoms.